The maximum atomic E-state index is 6.44. The largest absolute Gasteiger partial charge is 0.455 e. The van der Waals surface area contributed by atoms with E-state index in [0.29, 0.717) is 0 Å². The molecule has 16 aromatic rings. The van der Waals surface area contributed by atoms with E-state index in [1.807, 2.05) is 23.5 Å². The van der Waals surface area contributed by atoms with Crippen molar-refractivity contribution in [3.63, 3.8) is 0 Å². The number of furan rings is 1. The molecule has 0 N–H and O–H groups in total. The number of hydrogen-bond donors (Lipinski definition) is 0. The minimum Gasteiger partial charge on any atom is -0.455 e. The Bertz CT molecular complexity index is 4950. The standard InChI is InChI=1S/C72H44N2OS/c1-2-13-50(14-3-1)73(52-34-27-46(28-35-52)54-21-12-22-62-60-19-8-10-23-69(60)75-72(54)62)51-32-25-45(26-33-51)47-29-38-67-64(41-47)65-42-48(49-31-40-71-66(43-49)61-20-9-11-24-70(61)76-71)30-39-68(65)74(67)53-36-37-59-57-17-5-4-15-55(57)56-16-6-7-18-58(56)63(59)44-53/h1-44H. The van der Waals surface area contributed by atoms with Crippen molar-refractivity contribution < 1.29 is 4.42 Å². The van der Waals surface area contributed by atoms with Crippen LogP contribution in [0.2, 0.25) is 0 Å². The normalized spacial score (nSPS) is 11.9. The average molecular weight is 985 g/mol. The van der Waals surface area contributed by atoms with Crippen molar-refractivity contribution in [2.75, 3.05) is 4.90 Å². The lowest BCUT2D eigenvalue weighted by Gasteiger charge is -2.26. The van der Waals surface area contributed by atoms with Gasteiger partial charge in [-0.2, -0.15) is 0 Å². The van der Waals surface area contributed by atoms with Crippen LogP contribution in [0.5, 0.6) is 0 Å². The lowest BCUT2D eigenvalue weighted by Crippen LogP contribution is -2.09. The van der Waals surface area contributed by atoms with Gasteiger partial charge in [0.25, 0.3) is 0 Å². The molecule has 0 aliphatic heterocycles. The number of nitrogens with zero attached hydrogens (tertiary/aromatic N) is 2. The van der Waals surface area contributed by atoms with Gasteiger partial charge in [-0.15, -0.1) is 11.3 Å². The second-order valence-corrected chi connectivity index (χ2v) is 21.1. The first-order valence-corrected chi connectivity index (χ1v) is 26.8. The number of benzene rings is 13. The topological polar surface area (TPSA) is 21.3 Å². The Balaban J connectivity index is 0.822. The van der Waals surface area contributed by atoms with Crippen molar-refractivity contribution in [2.24, 2.45) is 0 Å². The van der Waals surface area contributed by atoms with Gasteiger partial charge in [-0.25, -0.2) is 0 Å². The Kier molecular flexibility index (Phi) is 9.51. The highest BCUT2D eigenvalue weighted by atomic mass is 32.1. The van der Waals surface area contributed by atoms with E-state index in [9.17, 15) is 0 Å². The third kappa shape index (κ3) is 6.68. The molecular weight excluding hydrogens is 941 g/mol. The van der Waals surface area contributed by atoms with Gasteiger partial charge in [0.2, 0.25) is 0 Å². The van der Waals surface area contributed by atoms with Crippen LogP contribution in [-0.2, 0) is 0 Å². The lowest BCUT2D eigenvalue weighted by atomic mass is 9.94. The highest BCUT2D eigenvalue weighted by molar-refractivity contribution is 7.25. The molecule has 0 atom stereocenters. The molecule has 13 aromatic carbocycles. The van der Waals surface area contributed by atoms with Gasteiger partial charge in [0, 0.05) is 70.0 Å². The smallest absolute Gasteiger partial charge is 0.143 e. The van der Waals surface area contributed by atoms with Gasteiger partial charge in [0.1, 0.15) is 11.2 Å². The first-order chi connectivity index (χ1) is 37.7. The summed E-state index contributed by atoms with van der Waals surface area (Å²) < 4.78 is 11.5. The van der Waals surface area contributed by atoms with Gasteiger partial charge < -0.3 is 13.9 Å². The summed E-state index contributed by atoms with van der Waals surface area (Å²) in [7, 11) is 0. The SMILES string of the molecule is c1ccc(N(c2ccc(-c3ccc4c(c3)c3cc(-c5ccc6sc7ccccc7c6c5)ccc3n4-c3ccc4c5ccccc5c5ccccc5c4c3)cc2)c2ccc(-c3cccc4c3oc3ccccc34)cc2)cc1. The summed E-state index contributed by atoms with van der Waals surface area (Å²) in [6, 6.07) is 97.8. The first kappa shape index (κ1) is 42.7. The molecule has 3 nitrogen and oxygen atoms in total. The van der Waals surface area contributed by atoms with E-state index in [1.165, 1.54) is 91.0 Å². The van der Waals surface area contributed by atoms with E-state index in [4.69, 9.17) is 4.42 Å². The van der Waals surface area contributed by atoms with Gasteiger partial charge in [-0.1, -0.05) is 170 Å². The second-order valence-electron chi connectivity index (χ2n) is 20.0. The van der Waals surface area contributed by atoms with Crippen LogP contribution in [0.1, 0.15) is 0 Å². The van der Waals surface area contributed by atoms with Crippen LogP contribution >= 0.6 is 11.3 Å². The number of hydrogen-bond acceptors (Lipinski definition) is 3. The molecule has 0 bridgehead atoms. The molecule has 0 aliphatic rings. The lowest BCUT2D eigenvalue weighted by molar-refractivity contribution is 0.670. The van der Waals surface area contributed by atoms with Gasteiger partial charge >= 0.3 is 0 Å². The Morgan fingerprint density at radius 1 is 0.289 bits per heavy atom. The summed E-state index contributed by atoms with van der Waals surface area (Å²) in [6.45, 7) is 0. The Hall–Kier alpha value is -9.74. The molecule has 0 saturated carbocycles. The van der Waals surface area contributed by atoms with Crippen LogP contribution in [0.25, 0.3) is 135 Å². The van der Waals surface area contributed by atoms with Gasteiger partial charge in [0.15, 0.2) is 0 Å². The second kappa shape index (κ2) is 16.9. The zero-order valence-corrected chi connectivity index (χ0v) is 41.9. The van der Waals surface area contributed by atoms with Gasteiger partial charge in [-0.3, -0.25) is 0 Å². The van der Waals surface area contributed by atoms with Gasteiger partial charge in [0.05, 0.1) is 11.0 Å². The van der Waals surface area contributed by atoms with Crippen molar-refractivity contribution in [3.8, 4) is 39.1 Å². The first-order valence-electron chi connectivity index (χ1n) is 26.0. The minimum atomic E-state index is 0.905. The van der Waals surface area contributed by atoms with E-state index < -0.39 is 0 Å². The fourth-order valence-corrected chi connectivity index (χ4v) is 13.3. The Morgan fingerprint density at radius 2 is 0.776 bits per heavy atom. The minimum absolute atomic E-state index is 0.905. The molecule has 354 valence electrons. The van der Waals surface area contributed by atoms with Crippen LogP contribution < -0.4 is 4.90 Å². The van der Waals surface area contributed by atoms with Crippen LogP contribution in [0.15, 0.2) is 271 Å². The van der Waals surface area contributed by atoms with E-state index in [1.54, 1.807) is 0 Å². The molecular formula is C72H44N2OS. The maximum absolute atomic E-state index is 6.44. The van der Waals surface area contributed by atoms with Crippen molar-refractivity contribution >= 4 is 125 Å². The molecule has 3 aromatic heterocycles. The number of thiophene rings is 1. The molecule has 16 rings (SSSR count). The molecule has 0 saturated heterocycles. The summed E-state index contributed by atoms with van der Waals surface area (Å²) in [5.74, 6) is 0. The maximum Gasteiger partial charge on any atom is 0.143 e. The zero-order chi connectivity index (χ0) is 49.8. The number of rotatable bonds is 7. The molecule has 0 spiro atoms. The fraction of sp³-hybridized carbons (Fsp3) is 0. The van der Waals surface area contributed by atoms with Crippen LogP contribution in [0.4, 0.5) is 17.1 Å². The summed E-state index contributed by atoms with van der Waals surface area (Å²) in [5, 5.41) is 15.0. The molecule has 3 heterocycles. The summed E-state index contributed by atoms with van der Waals surface area (Å²) in [6.07, 6.45) is 0. The molecule has 0 fully saturated rings. The third-order valence-corrected chi connectivity index (χ3v) is 16.9. The van der Waals surface area contributed by atoms with Crippen LogP contribution in [0, 0.1) is 0 Å². The number of para-hydroxylation sites is 3. The Morgan fingerprint density at radius 3 is 1.46 bits per heavy atom. The average Bonchev–Trinajstić information content (AvgIpc) is 4.20. The highest BCUT2D eigenvalue weighted by Gasteiger charge is 2.20. The van der Waals surface area contributed by atoms with Crippen molar-refractivity contribution in [2.45, 2.75) is 0 Å². The number of anilines is 3. The van der Waals surface area contributed by atoms with Crippen molar-refractivity contribution in [3.05, 3.63) is 267 Å². The predicted molar refractivity (Wildman–Crippen MR) is 324 cm³/mol. The quantitative estimate of drug-likeness (QED) is 0.148. The zero-order valence-electron chi connectivity index (χ0n) is 41.1. The van der Waals surface area contributed by atoms with Crippen molar-refractivity contribution in [1.82, 2.24) is 4.57 Å². The molecule has 0 amide bonds. The van der Waals surface area contributed by atoms with E-state index in [-0.39, 0.29) is 0 Å². The number of aromatic nitrogens is 1. The molecule has 0 aliphatic carbocycles. The van der Waals surface area contributed by atoms with Crippen molar-refractivity contribution in [1.29, 1.82) is 0 Å². The molecule has 4 heteroatoms. The number of fused-ring (bicyclic) bond motifs is 15. The fourth-order valence-electron chi connectivity index (χ4n) is 12.2. The Labute approximate surface area is 442 Å². The highest BCUT2D eigenvalue weighted by Crippen LogP contribution is 2.44. The summed E-state index contributed by atoms with van der Waals surface area (Å²) >= 11 is 1.86. The van der Waals surface area contributed by atoms with E-state index in [0.717, 1.165) is 61.4 Å². The van der Waals surface area contributed by atoms with E-state index >= 15 is 0 Å². The molecule has 0 radical (unpaired) electrons. The van der Waals surface area contributed by atoms with Crippen LogP contribution in [-0.4, -0.2) is 4.57 Å². The molecule has 76 heavy (non-hydrogen) atoms. The van der Waals surface area contributed by atoms with Gasteiger partial charge in [-0.05, 0) is 157 Å². The monoisotopic (exact) mass is 984 g/mol. The summed E-state index contributed by atoms with van der Waals surface area (Å²) in [4.78, 5) is 2.33. The van der Waals surface area contributed by atoms with Crippen LogP contribution in [0.3, 0.4) is 0 Å². The predicted octanol–water partition coefficient (Wildman–Crippen LogP) is 21.0. The molecule has 0 unspecified atom stereocenters. The third-order valence-electron chi connectivity index (χ3n) is 15.8. The summed E-state index contributed by atoms with van der Waals surface area (Å²) in [5.41, 5.74) is 15.5. The van der Waals surface area contributed by atoms with E-state index in [2.05, 4.69) is 264 Å².